The third kappa shape index (κ3) is 3.21. The molecule has 8 heteroatoms. The van der Waals surface area contributed by atoms with Gasteiger partial charge in [0.1, 0.15) is 0 Å². The van der Waals surface area contributed by atoms with Crippen molar-refractivity contribution in [1.29, 1.82) is 0 Å². The van der Waals surface area contributed by atoms with Crippen LogP contribution < -0.4 is 10.9 Å². The number of aromatic amines is 1. The molecule has 2 amide bonds. The normalized spacial score (nSPS) is 24.8. The maximum Gasteiger partial charge on any atom is 0.274 e. The van der Waals surface area contributed by atoms with Gasteiger partial charge in [0, 0.05) is 43.6 Å². The first-order chi connectivity index (χ1) is 15.5. The van der Waals surface area contributed by atoms with Crippen molar-refractivity contribution in [2.75, 3.05) is 6.54 Å². The molecule has 8 nitrogen and oxygen atoms in total. The van der Waals surface area contributed by atoms with Crippen LogP contribution in [0.3, 0.4) is 0 Å². The van der Waals surface area contributed by atoms with Gasteiger partial charge in [0.05, 0.1) is 17.0 Å². The molecule has 0 radical (unpaired) electrons. The molecule has 32 heavy (non-hydrogen) atoms. The van der Waals surface area contributed by atoms with Crippen LogP contribution in [-0.2, 0) is 11.8 Å². The summed E-state index contributed by atoms with van der Waals surface area (Å²) in [6, 6.07) is 12.0. The Morgan fingerprint density at radius 3 is 2.72 bits per heavy atom. The lowest BCUT2D eigenvalue weighted by molar-refractivity contribution is -0.128. The highest BCUT2D eigenvalue weighted by Crippen LogP contribution is 2.46. The number of aryl methyl sites for hydroxylation is 1. The van der Waals surface area contributed by atoms with Gasteiger partial charge in [0.2, 0.25) is 5.91 Å². The fraction of sp³-hybridized carbons (Fsp3) is 0.417. The SMILES string of the molecule is Cn1[nH]c(=O)c2c(C(=O)NC3CC(=O)N(C4CC4c4ccccc4)C3)cc(C3CC3)nc21. The third-order valence-corrected chi connectivity index (χ3v) is 6.95. The Bertz CT molecular complexity index is 1290. The highest BCUT2D eigenvalue weighted by atomic mass is 16.2. The van der Waals surface area contributed by atoms with E-state index in [2.05, 4.69) is 27.5 Å². The van der Waals surface area contributed by atoms with E-state index < -0.39 is 0 Å². The zero-order chi connectivity index (χ0) is 22.0. The molecule has 3 aliphatic rings. The van der Waals surface area contributed by atoms with Gasteiger partial charge in [-0.25, -0.2) is 4.98 Å². The van der Waals surface area contributed by atoms with Crippen LogP contribution in [0.15, 0.2) is 41.2 Å². The van der Waals surface area contributed by atoms with Crippen LogP contribution >= 0.6 is 0 Å². The van der Waals surface area contributed by atoms with Gasteiger partial charge in [0.25, 0.3) is 11.5 Å². The van der Waals surface area contributed by atoms with Crippen LogP contribution in [-0.4, -0.2) is 50.1 Å². The van der Waals surface area contributed by atoms with Crippen molar-refractivity contribution in [2.45, 2.75) is 49.6 Å². The zero-order valence-corrected chi connectivity index (χ0v) is 17.9. The van der Waals surface area contributed by atoms with E-state index in [-0.39, 0.29) is 29.5 Å². The predicted octanol–water partition coefficient (Wildman–Crippen LogP) is 2.03. The van der Waals surface area contributed by atoms with Crippen molar-refractivity contribution in [3.8, 4) is 0 Å². The van der Waals surface area contributed by atoms with E-state index in [9.17, 15) is 14.4 Å². The maximum absolute atomic E-state index is 13.2. The Kier molecular flexibility index (Phi) is 4.25. The number of H-pyrrole nitrogens is 1. The second-order valence-electron chi connectivity index (χ2n) is 9.31. The van der Waals surface area contributed by atoms with Gasteiger partial charge >= 0.3 is 0 Å². The average Bonchev–Trinajstić information content (AvgIpc) is 3.71. The monoisotopic (exact) mass is 431 g/mol. The van der Waals surface area contributed by atoms with E-state index in [1.165, 1.54) is 5.56 Å². The largest absolute Gasteiger partial charge is 0.347 e. The van der Waals surface area contributed by atoms with Crippen LogP contribution in [0.25, 0.3) is 11.0 Å². The molecule has 6 rings (SSSR count). The van der Waals surface area contributed by atoms with Crippen molar-refractivity contribution in [2.24, 2.45) is 7.05 Å². The Hall–Kier alpha value is -3.42. The number of hydrogen-bond acceptors (Lipinski definition) is 4. The van der Waals surface area contributed by atoms with Gasteiger partial charge in [-0.3, -0.25) is 24.2 Å². The fourth-order valence-corrected chi connectivity index (χ4v) is 5.04. The molecule has 0 spiro atoms. The van der Waals surface area contributed by atoms with E-state index in [0.29, 0.717) is 41.4 Å². The number of aromatic nitrogens is 3. The highest BCUT2D eigenvalue weighted by Gasteiger charge is 2.48. The number of pyridine rings is 1. The van der Waals surface area contributed by atoms with Gasteiger partial charge in [-0.05, 0) is 30.9 Å². The molecule has 2 saturated carbocycles. The smallest absolute Gasteiger partial charge is 0.274 e. The Morgan fingerprint density at radius 2 is 1.97 bits per heavy atom. The number of benzene rings is 1. The first kappa shape index (κ1) is 19.3. The number of hydrogen-bond donors (Lipinski definition) is 2. The Labute approximate surface area is 184 Å². The molecule has 3 unspecified atom stereocenters. The first-order valence-corrected chi connectivity index (χ1v) is 11.2. The Balaban J connectivity index is 1.21. The number of nitrogens with zero attached hydrogens (tertiary/aromatic N) is 3. The summed E-state index contributed by atoms with van der Waals surface area (Å²) in [6.07, 6.45) is 3.35. The lowest BCUT2D eigenvalue weighted by Crippen LogP contribution is -2.38. The van der Waals surface area contributed by atoms with Gasteiger partial charge in [-0.15, -0.1) is 0 Å². The molecule has 2 aliphatic carbocycles. The molecule has 2 N–H and O–H groups in total. The summed E-state index contributed by atoms with van der Waals surface area (Å²) in [5.74, 6) is 0.489. The van der Waals surface area contributed by atoms with Gasteiger partial charge in [0.15, 0.2) is 5.65 Å². The van der Waals surface area contributed by atoms with E-state index in [4.69, 9.17) is 0 Å². The number of rotatable bonds is 5. The minimum atomic E-state index is -0.324. The molecule has 1 aromatic carbocycles. The van der Waals surface area contributed by atoms with E-state index in [0.717, 1.165) is 25.0 Å². The molecule has 3 atom stereocenters. The summed E-state index contributed by atoms with van der Waals surface area (Å²) in [6.45, 7) is 0.507. The highest BCUT2D eigenvalue weighted by molar-refractivity contribution is 6.05. The molecule has 3 heterocycles. The van der Waals surface area contributed by atoms with Crippen molar-refractivity contribution < 1.29 is 9.59 Å². The maximum atomic E-state index is 13.2. The topological polar surface area (TPSA) is 100 Å². The molecule has 1 aliphatic heterocycles. The standard InChI is InChI=1S/C24H25N5O3/c1-28-22-21(24(32)27-28)17(10-18(26-22)14-7-8-14)23(31)25-15-9-20(30)29(12-15)19-11-16(19)13-5-3-2-4-6-13/h2-6,10,14-16,19H,7-9,11-12H2,1H3,(H,25,31)(H,27,32). The van der Waals surface area contributed by atoms with Crippen LogP contribution in [0.4, 0.5) is 0 Å². The molecule has 1 saturated heterocycles. The summed E-state index contributed by atoms with van der Waals surface area (Å²) in [5.41, 5.74) is 2.63. The molecule has 3 fully saturated rings. The molecule has 3 aromatic rings. The summed E-state index contributed by atoms with van der Waals surface area (Å²) in [4.78, 5) is 44.9. The van der Waals surface area contributed by atoms with Gasteiger partial charge in [-0.1, -0.05) is 30.3 Å². The lowest BCUT2D eigenvalue weighted by Gasteiger charge is -2.18. The average molecular weight is 431 g/mol. The van der Waals surface area contributed by atoms with E-state index >= 15 is 0 Å². The van der Waals surface area contributed by atoms with Gasteiger partial charge < -0.3 is 10.2 Å². The van der Waals surface area contributed by atoms with E-state index in [1.807, 2.05) is 23.1 Å². The minimum Gasteiger partial charge on any atom is -0.347 e. The summed E-state index contributed by atoms with van der Waals surface area (Å²) < 4.78 is 1.57. The number of nitrogens with one attached hydrogen (secondary N) is 2. The van der Waals surface area contributed by atoms with E-state index in [1.54, 1.807) is 17.8 Å². The van der Waals surface area contributed by atoms with Crippen molar-refractivity contribution >= 4 is 22.8 Å². The zero-order valence-electron chi connectivity index (χ0n) is 17.9. The van der Waals surface area contributed by atoms with Crippen LogP contribution in [0.2, 0.25) is 0 Å². The molecular formula is C24H25N5O3. The molecule has 0 bridgehead atoms. The number of carbonyl (C=O) groups is 2. The second kappa shape index (κ2) is 7.05. The molecule has 164 valence electrons. The number of fused-ring (bicyclic) bond motifs is 1. The van der Waals surface area contributed by atoms with Crippen LogP contribution in [0, 0.1) is 0 Å². The van der Waals surface area contributed by atoms with Crippen LogP contribution in [0.5, 0.6) is 0 Å². The van der Waals surface area contributed by atoms with Crippen molar-refractivity contribution in [3.63, 3.8) is 0 Å². The second-order valence-corrected chi connectivity index (χ2v) is 9.31. The lowest BCUT2D eigenvalue weighted by atomic mass is 10.1. The van der Waals surface area contributed by atoms with Crippen molar-refractivity contribution in [3.05, 3.63) is 63.6 Å². The minimum absolute atomic E-state index is 0.0786. The summed E-state index contributed by atoms with van der Waals surface area (Å²) >= 11 is 0. The number of likely N-dealkylation sites (tertiary alicyclic amines) is 1. The fourth-order valence-electron chi connectivity index (χ4n) is 5.04. The van der Waals surface area contributed by atoms with Crippen LogP contribution in [0.1, 0.15) is 59.1 Å². The summed E-state index contributed by atoms with van der Waals surface area (Å²) in [5, 5.41) is 6.03. The van der Waals surface area contributed by atoms with Crippen molar-refractivity contribution in [1.82, 2.24) is 25.0 Å². The molecule has 2 aromatic heterocycles. The quantitative estimate of drug-likeness (QED) is 0.646. The summed E-state index contributed by atoms with van der Waals surface area (Å²) in [7, 11) is 1.72. The Morgan fingerprint density at radius 1 is 1.19 bits per heavy atom. The first-order valence-electron chi connectivity index (χ1n) is 11.2. The predicted molar refractivity (Wildman–Crippen MR) is 118 cm³/mol. The molecular weight excluding hydrogens is 406 g/mol. The number of amides is 2. The third-order valence-electron chi connectivity index (χ3n) is 6.95. The van der Waals surface area contributed by atoms with Gasteiger partial charge in [-0.2, -0.15) is 0 Å². The number of carbonyl (C=O) groups excluding carboxylic acids is 2.